The van der Waals surface area contributed by atoms with Crippen LogP contribution in [0.3, 0.4) is 0 Å². The molecule has 138 valence electrons. The van der Waals surface area contributed by atoms with Crippen LogP contribution in [0.1, 0.15) is 19.4 Å². The highest BCUT2D eigenvalue weighted by Crippen LogP contribution is 2.35. The van der Waals surface area contributed by atoms with Crippen molar-refractivity contribution in [3.05, 3.63) is 68.7 Å². The van der Waals surface area contributed by atoms with Crippen molar-refractivity contribution < 1.29 is 19.2 Å². The Morgan fingerprint density at radius 2 is 1.96 bits per heavy atom. The molecule has 0 aliphatic heterocycles. The number of nitriles is 1. The van der Waals surface area contributed by atoms with Crippen LogP contribution >= 0.6 is 11.6 Å². The number of para-hydroxylation sites is 1. The molecular weight excluding hydrogens is 372 g/mol. The molecule has 0 saturated carbocycles. The number of nitro groups is 1. The van der Waals surface area contributed by atoms with E-state index >= 15 is 0 Å². The molecule has 0 unspecified atom stereocenters. The van der Waals surface area contributed by atoms with Crippen molar-refractivity contribution in [3.8, 4) is 17.6 Å². The first kappa shape index (κ1) is 19.9. The lowest BCUT2D eigenvalue weighted by atomic mass is 10.1. The van der Waals surface area contributed by atoms with Gasteiger partial charge in [-0.2, -0.15) is 5.26 Å². The van der Waals surface area contributed by atoms with E-state index in [0.29, 0.717) is 5.02 Å². The molecule has 0 fully saturated rings. The normalized spacial score (nSPS) is 11.0. The zero-order valence-corrected chi connectivity index (χ0v) is 15.3. The van der Waals surface area contributed by atoms with Crippen LogP contribution in [-0.4, -0.2) is 17.0 Å². The molecule has 0 amide bonds. The van der Waals surface area contributed by atoms with E-state index in [2.05, 4.69) is 0 Å². The number of rotatable bonds is 6. The van der Waals surface area contributed by atoms with Gasteiger partial charge in [-0.05, 0) is 43.7 Å². The Bertz CT molecular complexity index is 947. The van der Waals surface area contributed by atoms with Crippen molar-refractivity contribution in [2.75, 3.05) is 0 Å². The molecule has 0 bridgehead atoms. The maximum Gasteiger partial charge on any atom is 0.349 e. The van der Waals surface area contributed by atoms with E-state index in [-0.39, 0.29) is 28.3 Å². The lowest BCUT2D eigenvalue weighted by Crippen LogP contribution is -2.12. The lowest BCUT2D eigenvalue weighted by molar-refractivity contribution is -0.385. The van der Waals surface area contributed by atoms with Gasteiger partial charge in [-0.3, -0.25) is 10.1 Å². The van der Waals surface area contributed by atoms with Crippen molar-refractivity contribution in [1.29, 1.82) is 5.26 Å². The lowest BCUT2D eigenvalue weighted by Gasteiger charge is -2.09. The Kier molecular flexibility index (Phi) is 6.52. The molecule has 0 saturated heterocycles. The summed E-state index contributed by atoms with van der Waals surface area (Å²) in [4.78, 5) is 22.6. The molecule has 2 aromatic carbocycles. The maximum atomic E-state index is 11.9. The zero-order chi connectivity index (χ0) is 20.0. The van der Waals surface area contributed by atoms with Crippen LogP contribution in [-0.2, 0) is 9.53 Å². The van der Waals surface area contributed by atoms with Crippen molar-refractivity contribution in [1.82, 2.24) is 0 Å². The predicted molar refractivity (Wildman–Crippen MR) is 99.4 cm³/mol. The third kappa shape index (κ3) is 5.30. The van der Waals surface area contributed by atoms with Gasteiger partial charge in [0.15, 0.2) is 0 Å². The summed E-state index contributed by atoms with van der Waals surface area (Å²) in [6.45, 7) is 3.30. The molecule has 0 N–H and O–H groups in total. The SMILES string of the molecule is CC(C)OC(=O)/C(C#N)=C/c1ccc(Oc2ccccc2Cl)c([N+](=O)[O-])c1. The highest BCUT2D eigenvalue weighted by Gasteiger charge is 2.19. The summed E-state index contributed by atoms with van der Waals surface area (Å²) in [5, 5.41) is 20.8. The van der Waals surface area contributed by atoms with Crippen LogP contribution < -0.4 is 4.74 Å². The van der Waals surface area contributed by atoms with Crippen LogP contribution in [0.2, 0.25) is 5.02 Å². The van der Waals surface area contributed by atoms with E-state index in [4.69, 9.17) is 26.3 Å². The highest BCUT2D eigenvalue weighted by atomic mass is 35.5. The van der Waals surface area contributed by atoms with Gasteiger partial charge < -0.3 is 9.47 Å². The number of esters is 1. The van der Waals surface area contributed by atoms with Gasteiger partial charge in [-0.1, -0.05) is 29.8 Å². The average molecular weight is 387 g/mol. The maximum absolute atomic E-state index is 11.9. The second-order valence-corrected chi connectivity index (χ2v) is 6.05. The standard InChI is InChI=1S/C19H15ClN2O5/c1-12(2)26-19(23)14(11-21)9-13-7-8-18(16(10-13)22(24)25)27-17-6-4-3-5-15(17)20/h3-10,12H,1-2H3/b14-9+. The Labute approximate surface area is 160 Å². The molecule has 2 aromatic rings. The fourth-order valence-electron chi connectivity index (χ4n) is 2.08. The smallest absolute Gasteiger partial charge is 0.349 e. The van der Waals surface area contributed by atoms with Gasteiger partial charge in [0.05, 0.1) is 16.0 Å². The number of ether oxygens (including phenoxy) is 2. The van der Waals surface area contributed by atoms with Crippen LogP contribution in [0.5, 0.6) is 11.5 Å². The second kappa shape index (κ2) is 8.83. The second-order valence-electron chi connectivity index (χ2n) is 5.64. The largest absolute Gasteiger partial charge is 0.459 e. The summed E-state index contributed by atoms with van der Waals surface area (Å²) in [6, 6.07) is 12.4. The summed E-state index contributed by atoms with van der Waals surface area (Å²) >= 11 is 6.01. The van der Waals surface area contributed by atoms with Gasteiger partial charge in [-0.25, -0.2) is 4.79 Å². The molecule has 8 heteroatoms. The van der Waals surface area contributed by atoms with Gasteiger partial charge in [0.25, 0.3) is 0 Å². The molecule has 0 aromatic heterocycles. The number of hydrogen-bond donors (Lipinski definition) is 0. The van der Waals surface area contributed by atoms with Crippen molar-refractivity contribution in [2.45, 2.75) is 20.0 Å². The number of halogens is 1. The Hall–Kier alpha value is -3.37. The first-order valence-electron chi connectivity index (χ1n) is 7.85. The van der Waals surface area contributed by atoms with Crippen LogP contribution in [0.15, 0.2) is 48.0 Å². The molecule has 2 rings (SSSR count). The zero-order valence-electron chi connectivity index (χ0n) is 14.5. The molecule has 0 heterocycles. The van der Waals surface area contributed by atoms with Crippen LogP contribution in [0.25, 0.3) is 6.08 Å². The predicted octanol–water partition coefficient (Wildman–Crippen LogP) is 4.90. The fraction of sp³-hybridized carbons (Fsp3) is 0.158. The van der Waals surface area contributed by atoms with Gasteiger partial charge >= 0.3 is 11.7 Å². The van der Waals surface area contributed by atoms with Crippen molar-refractivity contribution in [2.24, 2.45) is 0 Å². The molecule has 0 atom stereocenters. The van der Waals surface area contributed by atoms with Crippen LogP contribution in [0, 0.1) is 21.4 Å². The summed E-state index contributed by atoms with van der Waals surface area (Å²) in [7, 11) is 0. The molecule has 0 aliphatic carbocycles. The first-order chi connectivity index (χ1) is 12.8. The molecular formula is C19H15ClN2O5. The van der Waals surface area contributed by atoms with E-state index in [1.807, 2.05) is 0 Å². The number of carbonyl (C=O) groups excluding carboxylic acids is 1. The molecule has 0 spiro atoms. The Morgan fingerprint density at radius 3 is 2.56 bits per heavy atom. The number of nitro benzene ring substituents is 1. The number of hydrogen-bond acceptors (Lipinski definition) is 6. The Morgan fingerprint density at radius 1 is 1.26 bits per heavy atom. The fourth-order valence-corrected chi connectivity index (χ4v) is 2.25. The van der Waals surface area contributed by atoms with Gasteiger partial charge in [0.1, 0.15) is 17.4 Å². The quantitative estimate of drug-likeness (QED) is 0.230. The minimum absolute atomic E-state index is 0.0199. The van der Waals surface area contributed by atoms with Crippen molar-refractivity contribution in [3.63, 3.8) is 0 Å². The third-order valence-electron chi connectivity index (χ3n) is 3.23. The van der Waals surface area contributed by atoms with E-state index in [1.54, 1.807) is 44.2 Å². The van der Waals surface area contributed by atoms with Gasteiger partial charge in [-0.15, -0.1) is 0 Å². The molecule has 0 radical (unpaired) electrons. The highest BCUT2D eigenvalue weighted by molar-refractivity contribution is 6.32. The summed E-state index contributed by atoms with van der Waals surface area (Å²) in [6.07, 6.45) is 0.826. The first-order valence-corrected chi connectivity index (χ1v) is 8.23. The number of carbonyl (C=O) groups is 1. The molecule has 27 heavy (non-hydrogen) atoms. The average Bonchev–Trinajstić information content (AvgIpc) is 2.61. The molecule has 0 aliphatic rings. The van der Waals surface area contributed by atoms with Gasteiger partial charge in [0, 0.05) is 6.07 Å². The number of benzene rings is 2. The summed E-state index contributed by atoms with van der Waals surface area (Å²) < 4.78 is 10.5. The minimum atomic E-state index is -0.799. The third-order valence-corrected chi connectivity index (χ3v) is 3.54. The summed E-state index contributed by atoms with van der Waals surface area (Å²) in [5.74, 6) is -0.552. The van der Waals surface area contributed by atoms with Gasteiger partial charge in [0.2, 0.25) is 5.75 Å². The van der Waals surface area contributed by atoms with E-state index in [1.165, 1.54) is 24.3 Å². The minimum Gasteiger partial charge on any atom is -0.459 e. The van der Waals surface area contributed by atoms with Crippen molar-refractivity contribution >= 4 is 29.3 Å². The van der Waals surface area contributed by atoms with E-state index < -0.39 is 17.0 Å². The van der Waals surface area contributed by atoms with Crippen LogP contribution in [0.4, 0.5) is 5.69 Å². The topological polar surface area (TPSA) is 102 Å². The Balaban J connectivity index is 2.39. The van der Waals surface area contributed by atoms with E-state index in [9.17, 15) is 14.9 Å². The monoisotopic (exact) mass is 386 g/mol. The molecule has 7 nitrogen and oxygen atoms in total. The number of nitrogens with zero attached hydrogens (tertiary/aromatic N) is 2. The summed E-state index contributed by atoms with van der Waals surface area (Å²) in [5.41, 5.74) is -0.318. The van der Waals surface area contributed by atoms with E-state index in [0.717, 1.165) is 0 Å².